The number of non-ortho nitro benzene ring substituents is 1. The monoisotopic (exact) mass is 429 g/mol. The second-order valence-electron chi connectivity index (χ2n) is 9.23. The predicted octanol–water partition coefficient (Wildman–Crippen LogP) is 4.82. The summed E-state index contributed by atoms with van der Waals surface area (Å²) in [6, 6.07) is 13.7. The number of allylic oxidation sites excluding steroid dienone is 2. The highest BCUT2D eigenvalue weighted by atomic mass is 16.6. The van der Waals surface area contributed by atoms with Crippen LogP contribution in [0.5, 0.6) is 0 Å². The van der Waals surface area contributed by atoms with Crippen LogP contribution in [0.25, 0.3) is 11.4 Å². The molecule has 1 atom stereocenters. The van der Waals surface area contributed by atoms with Crippen LogP contribution in [0.2, 0.25) is 0 Å². The molecule has 1 aliphatic carbocycles. The maximum absolute atomic E-state index is 13.3. The number of aromatic nitrogens is 3. The molecule has 2 aromatic carbocycles. The first-order valence-electron chi connectivity index (χ1n) is 10.5. The molecule has 1 aliphatic heterocycles. The zero-order valence-corrected chi connectivity index (χ0v) is 18.1. The van der Waals surface area contributed by atoms with Gasteiger partial charge in [-0.05, 0) is 29.9 Å². The van der Waals surface area contributed by atoms with E-state index in [1.165, 1.54) is 12.1 Å². The Morgan fingerprint density at radius 1 is 1.16 bits per heavy atom. The average Bonchev–Trinajstić information content (AvgIpc) is 3.15. The number of anilines is 1. The summed E-state index contributed by atoms with van der Waals surface area (Å²) in [5.74, 6) is 1.11. The number of Topliss-reactive ketones (excluding diaryl/α,β-unsaturated/α-hetero) is 1. The van der Waals surface area contributed by atoms with Gasteiger partial charge in [-0.25, -0.2) is 4.68 Å². The van der Waals surface area contributed by atoms with Gasteiger partial charge in [-0.2, -0.15) is 4.98 Å². The number of nitro benzene ring substituents is 1. The third kappa shape index (κ3) is 3.28. The molecule has 1 aromatic heterocycles. The highest BCUT2D eigenvalue weighted by Crippen LogP contribution is 2.46. The number of hydrogen-bond acceptors (Lipinski definition) is 6. The molecule has 5 rings (SSSR count). The van der Waals surface area contributed by atoms with Gasteiger partial charge < -0.3 is 5.32 Å². The summed E-state index contributed by atoms with van der Waals surface area (Å²) in [7, 11) is 0. The van der Waals surface area contributed by atoms with Crippen LogP contribution < -0.4 is 5.32 Å². The molecule has 1 unspecified atom stereocenters. The minimum absolute atomic E-state index is 0.0208. The number of ketones is 1. The molecule has 0 saturated carbocycles. The smallest absolute Gasteiger partial charge is 0.269 e. The number of nitro groups is 1. The summed E-state index contributed by atoms with van der Waals surface area (Å²) >= 11 is 0. The Balaban J connectivity index is 1.71. The molecule has 0 saturated heterocycles. The minimum atomic E-state index is -0.574. The van der Waals surface area contributed by atoms with Crippen molar-refractivity contribution in [3.05, 3.63) is 81.0 Å². The lowest BCUT2D eigenvalue weighted by molar-refractivity contribution is -0.384. The van der Waals surface area contributed by atoms with Crippen molar-refractivity contribution in [3.63, 3.8) is 0 Å². The number of hydrogen-bond donors (Lipinski definition) is 1. The predicted molar refractivity (Wildman–Crippen MR) is 120 cm³/mol. The van der Waals surface area contributed by atoms with Gasteiger partial charge in [0.05, 0.1) is 4.92 Å². The molecule has 0 fully saturated rings. The lowest BCUT2D eigenvalue weighted by Gasteiger charge is -2.38. The third-order valence-electron chi connectivity index (χ3n) is 6.11. The fraction of sp³-hybridized carbons (Fsp3) is 0.292. The number of nitrogens with one attached hydrogen (secondary N) is 1. The Kier molecular flexibility index (Phi) is 4.47. The van der Waals surface area contributed by atoms with E-state index in [-0.39, 0.29) is 16.9 Å². The van der Waals surface area contributed by atoms with Crippen molar-refractivity contribution in [2.75, 3.05) is 5.32 Å². The Bertz CT molecular complexity index is 1300. The number of nitrogens with zero attached hydrogens (tertiary/aromatic N) is 4. The van der Waals surface area contributed by atoms with Gasteiger partial charge in [0.25, 0.3) is 5.69 Å². The van der Waals surface area contributed by atoms with E-state index in [2.05, 4.69) is 19.2 Å². The Labute approximate surface area is 185 Å². The third-order valence-corrected chi connectivity index (χ3v) is 6.11. The van der Waals surface area contributed by atoms with Crippen LogP contribution >= 0.6 is 0 Å². The molecule has 2 heterocycles. The van der Waals surface area contributed by atoms with Crippen molar-refractivity contribution in [1.29, 1.82) is 0 Å². The van der Waals surface area contributed by atoms with Crippen molar-refractivity contribution in [1.82, 2.24) is 14.8 Å². The highest BCUT2D eigenvalue weighted by molar-refractivity contribution is 6.00. The quantitative estimate of drug-likeness (QED) is 0.473. The number of benzene rings is 2. The normalized spacial score (nSPS) is 19.2. The molecule has 32 heavy (non-hydrogen) atoms. The van der Waals surface area contributed by atoms with Crippen molar-refractivity contribution in [3.8, 4) is 11.4 Å². The molecule has 8 heteroatoms. The van der Waals surface area contributed by atoms with Crippen LogP contribution in [0.15, 0.2) is 59.8 Å². The van der Waals surface area contributed by atoms with E-state index in [0.717, 1.165) is 16.8 Å². The van der Waals surface area contributed by atoms with E-state index in [1.54, 1.807) is 16.8 Å². The van der Waals surface area contributed by atoms with Crippen molar-refractivity contribution in [2.24, 2.45) is 5.41 Å². The van der Waals surface area contributed by atoms with E-state index in [9.17, 15) is 14.9 Å². The molecule has 0 radical (unpaired) electrons. The maximum atomic E-state index is 13.3. The molecule has 3 aromatic rings. The van der Waals surface area contributed by atoms with Crippen LogP contribution in [-0.2, 0) is 4.79 Å². The van der Waals surface area contributed by atoms with Crippen molar-refractivity contribution < 1.29 is 9.72 Å². The largest absolute Gasteiger partial charge is 0.328 e. The van der Waals surface area contributed by atoms with E-state index >= 15 is 0 Å². The number of aryl methyl sites for hydroxylation is 1. The summed E-state index contributed by atoms with van der Waals surface area (Å²) < 4.78 is 1.69. The number of carbonyl (C=O) groups is 1. The van der Waals surface area contributed by atoms with E-state index in [1.807, 2.05) is 31.2 Å². The zero-order chi connectivity index (χ0) is 22.6. The van der Waals surface area contributed by atoms with Crippen molar-refractivity contribution >= 4 is 17.4 Å². The van der Waals surface area contributed by atoms with Gasteiger partial charge in [-0.3, -0.25) is 14.9 Å². The van der Waals surface area contributed by atoms with Gasteiger partial charge in [0.2, 0.25) is 5.95 Å². The molecule has 1 N–H and O–H groups in total. The molecule has 0 spiro atoms. The van der Waals surface area contributed by atoms with E-state index in [4.69, 9.17) is 10.1 Å². The van der Waals surface area contributed by atoms with E-state index in [0.29, 0.717) is 35.8 Å². The first-order valence-corrected chi connectivity index (χ1v) is 10.5. The Hall–Kier alpha value is -3.81. The summed E-state index contributed by atoms with van der Waals surface area (Å²) in [5.41, 5.74) is 3.81. The zero-order valence-electron chi connectivity index (χ0n) is 18.1. The number of rotatable bonds is 3. The molecule has 2 aliphatic rings. The van der Waals surface area contributed by atoms with Crippen molar-refractivity contribution in [2.45, 2.75) is 39.7 Å². The first-order chi connectivity index (χ1) is 15.2. The highest BCUT2D eigenvalue weighted by Gasteiger charge is 2.42. The molecule has 0 amide bonds. The average molecular weight is 429 g/mol. The minimum Gasteiger partial charge on any atom is -0.328 e. The lowest BCUT2D eigenvalue weighted by Crippen LogP contribution is -2.36. The first kappa shape index (κ1) is 20.1. The molecule has 162 valence electrons. The summed E-state index contributed by atoms with van der Waals surface area (Å²) in [5, 5.41) is 19.5. The Morgan fingerprint density at radius 3 is 2.69 bits per heavy atom. The van der Waals surface area contributed by atoms with Gasteiger partial charge in [0, 0.05) is 35.4 Å². The summed E-state index contributed by atoms with van der Waals surface area (Å²) in [6.07, 6.45) is 1.10. The Morgan fingerprint density at radius 2 is 1.94 bits per heavy atom. The van der Waals surface area contributed by atoms with Gasteiger partial charge in [-0.1, -0.05) is 50.2 Å². The molecular formula is C24H23N5O3. The topological polar surface area (TPSA) is 103 Å². The molecule has 0 bridgehead atoms. The van der Waals surface area contributed by atoms with Crippen LogP contribution in [0.1, 0.15) is 43.9 Å². The second-order valence-corrected chi connectivity index (χ2v) is 9.23. The van der Waals surface area contributed by atoms with Crippen LogP contribution in [0.3, 0.4) is 0 Å². The number of fused-ring (bicyclic) bond motifs is 1. The van der Waals surface area contributed by atoms with Gasteiger partial charge >= 0.3 is 0 Å². The summed E-state index contributed by atoms with van der Waals surface area (Å²) in [4.78, 5) is 29.0. The molecular weight excluding hydrogens is 406 g/mol. The molecule has 8 nitrogen and oxygen atoms in total. The summed E-state index contributed by atoms with van der Waals surface area (Å²) in [6.45, 7) is 6.13. The SMILES string of the molecule is Cc1ccccc1-c1nc2n(n1)C(c1cccc([N+](=O)[O-])c1)C1=C(CC(C)(C)CC1=O)N2. The van der Waals surface area contributed by atoms with Gasteiger partial charge in [0.1, 0.15) is 6.04 Å². The fourth-order valence-corrected chi connectivity index (χ4v) is 4.66. The van der Waals surface area contributed by atoms with Crippen LogP contribution in [-0.4, -0.2) is 25.5 Å². The van der Waals surface area contributed by atoms with Gasteiger partial charge in [-0.15, -0.1) is 5.10 Å². The van der Waals surface area contributed by atoms with Crippen LogP contribution in [0.4, 0.5) is 11.6 Å². The van der Waals surface area contributed by atoms with E-state index < -0.39 is 11.0 Å². The fourth-order valence-electron chi connectivity index (χ4n) is 4.66. The number of carbonyl (C=O) groups excluding carboxylic acids is 1. The van der Waals surface area contributed by atoms with Gasteiger partial charge in [0.15, 0.2) is 11.6 Å². The lowest BCUT2D eigenvalue weighted by atomic mass is 9.73. The second kappa shape index (κ2) is 7.12. The maximum Gasteiger partial charge on any atom is 0.269 e. The standard InChI is InChI=1S/C24H23N5O3/c1-14-7-4-5-10-17(14)22-26-23-25-18-12-24(2,3)13-19(30)20(18)21(28(23)27-22)15-8-6-9-16(11-15)29(31)32/h4-11,21H,12-13H2,1-3H3,(H,25,26,27). The van der Waals surface area contributed by atoms with Crippen LogP contribution in [0, 0.1) is 22.5 Å².